The second-order valence-electron chi connectivity index (χ2n) is 4.32. The van der Waals surface area contributed by atoms with Crippen molar-refractivity contribution in [1.29, 1.82) is 0 Å². The van der Waals surface area contributed by atoms with Crippen LogP contribution in [0.5, 0.6) is 0 Å². The molecule has 2 heterocycles. The maximum absolute atomic E-state index is 10.9. The summed E-state index contributed by atoms with van der Waals surface area (Å²) < 4.78 is 5.54. The van der Waals surface area contributed by atoms with Gasteiger partial charge in [0.15, 0.2) is 5.69 Å². The molecule has 0 atom stereocenters. The van der Waals surface area contributed by atoms with E-state index in [-0.39, 0.29) is 5.69 Å². The molecular weight excluding hydrogens is 280 g/mol. The first kappa shape index (κ1) is 12.6. The molecule has 0 radical (unpaired) electrons. The van der Waals surface area contributed by atoms with Gasteiger partial charge in [-0.2, -0.15) is 0 Å². The van der Waals surface area contributed by atoms with E-state index >= 15 is 0 Å². The predicted octanol–water partition coefficient (Wildman–Crippen LogP) is 3.55. The van der Waals surface area contributed by atoms with Gasteiger partial charge in [-0.25, -0.2) is 14.8 Å². The Morgan fingerprint density at radius 1 is 1.25 bits per heavy atom. The quantitative estimate of drug-likeness (QED) is 0.780. The highest BCUT2D eigenvalue weighted by Gasteiger charge is 2.12. The molecule has 1 aromatic carbocycles. The van der Waals surface area contributed by atoms with Crippen LogP contribution >= 0.6 is 11.6 Å². The van der Waals surface area contributed by atoms with Crippen LogP contribution in [0.1, 0.15) is 16.2 Å². The van der Waals surface area contributed by atoms with Crippen LogP contribution in [0.4, 0.5) is 0 Å². The Kier molecular flexibility index (Phi) is 2.91. The number of carboxylic acids is 1. The van der Waals surface area contributed by atoms with E-state index < -0.39 is 5.97 Å². The van der Waals surface area contributed by atoms with Crippen LogP contribution in [-0.4, -0.2) is 21.0 Å². The van der Waals surface area contributed by atoms with Gasteiger partial charge in [-0.3, -0.25) is 0 Å². The maximum Gasteiger partial charge on any atom is 0.354 e. The van der Waals surface area contributed by atoms with Gasteiger partial charge in [0.1, 0.15) is 17.7 Å². The first-order valence-electron chi connectivity index (χ1n) is 5.80. The average molecular weight is 289 g/mol. The van der Waals surface area contributed by atoms with E-state index in [0.29, 0.717) is 21.9 Å². The maximum atomic E-state index is 10.9. The van der Waals surface area contributed by atoms with E-state index in [0.717, 1.165) is 11.1 Å². The van der Waals surface area contributed by atoms with E-state index in [4.69, 9.17) is 21.1 Å². The third-order valence-electron chi connectivity index (χ3n) is 2.89. The molecule has 0 aliphatic heterocycles. The summed E-state index contributed by atoms with van der Waals surface area (Å²) in [6.07, 6.45) is 1.21. The summed E-state index contributed by atoms with van der Waals surface area (Å²) >= 11 is 6.21. The second kappa shape index (κ2) is 4.61. The minimum absolute atomic E-state index is 0.0677. The first-order chi connectivity index (χ1) is 9.54. The molecule has 20 heavy (non-hydrogen) atoms. The first-order valence-corrected chi connectivity index (χ1v) is 6.18. The fourth-order valence-electron chi connectivity index (χ4n) is 2.00. The number of hydrogen-bond acceptors (Lipinski definition) is 4. The molecular formula is C14H9ClN2O3. The van der Waals surface area contributed by atoms with Gasteiger partial charge >= 0.3 is 5.97 Å². The topological polar surface area (TPSA) is 76.2 Å². The minimum Gasteiger partial charge on any atom is -0.477 e. The number of furan rings is 1. The zero-order valence-corrected chi connectivity index (χ0v) is 11.2. The lowest BCUT2D eigenvalue weighted by Gasteiger charge is -2.03. The van der Waals surface area contributed by atoms with Crippen molar-refractivity contribution in [1.82, 2.24) is 9.97 Å². The third kappa shape index (κ3) is 2.12. The van der Waals surface area contributed by atoms with Crippen molar-refractivity contribution >= 4 is 28.5 Å². The SMILES string of the molecule is Cc1cc2c(Cl)cc(-c3cc(C(=O)O)ncn3)cc2o1. The summed E-state index contributed by atoms with van der Waals surface area (Å²) in [5, 5.41) is 10.3. The highest BCUT2D eigenvalue weighted by Crippen LogP contribution is 2.32. The van der Waals surface area contributed by atoms with Gasteiger partial charge in [0.05, 0.1) is 10.7 Å². The van der Waals surface area contributed by atoms with Crippen molar-refractivity contribution in [3.8, 4) is 11.3 Å². The van der Waals surface area contributed by atoms with Crippen LogP contribution in [0, 0.1) is 6.92 Å². The van der Waals surface area contributed by atoms with Crippen LogP contribution in [0.2, 0.25) is 5.02 Å². The normalized spacial score (nSPS) is 10.9. The molecule has 0 saturated carbocycles. The Bertz CT molecular complexity index is 826. The largest absolute Gasteiger partial charge is 0.477 e. The molecule has 0 aliphatic carbocycles. The van der Waals surface area contributed by atoms with Crippen molar-refractivity contribution in [2.24, 2.45) is 0 Å². The molecule has 0 spiro atoms. The van der Waals surface area contributed by atoms with Crippen LogP contribution in [0.3, 0.4) is 0 Å². The van der Waals surface area contributed by atoms with Gasteiger partial charge in [-0.1, -0.05) is 11.6 Å². The number of nitrogens with zero attached hydrogens (tertiary/aromatic N) is 2. The number of fused-ring (bicyclic) bond motifs is 1. The van der Waals surface area contributed by atoms with E-state index in [1.54, 1.807) is 12.1 Å². The molecule has 0 saturated heterocycles. The van der Waals surface area contributed by atoms with Gasteiger partial charge in [0.2, 0.25) is 0 Å². The molecule has 2 aromatic heterocycles. The summed E-state index contributed by atoms with van der Waals surface area (Å²) in [6, 6.07) is 6.76. The zero-order chi connectivity index (χ0) is 14.3. The second-order valence-corrected chi connectivity index (χ2v) is 4.73. The smallest absolute Gasteiger partial charge is 0.354 e. The van der Waals surface area contributed by atoms with Gasteiger partial charge < -0.3 is 9.52 Å². The highest BCUT2D eigenvalue weighted by molar-refractivity contribution is 6.35. The van der Waals surface area contributed by atoms with Crippen molar-refractivity contribution in [3.05, 3.63) is 47.1 Å². The van der Waals surface area contributed by atoms with E-state index in [9.17, 15) is 4.79 Å². The van der Waals surface area contributed by atoms with Crippen molar-refractivity contribution in [2.75, 3.05) is 0 Å². The number of aromatic carboxylic acids is 1. The number of aryl methyl sites for hydroxylation is 1. The number of halogens is 1. The lowest BCUT2D eigenvalue weighted by molar-refractivity contribution is 0.0690. The molecule has 3 aromatic rings. The molecule has 3 rings (SSSR count). The average Bonchev–Trinajstić information content (AvgIpc) is 2.80. The van der Waals surface area contributed by atoms with Crippen LogP contribution in [0.15, 0.2) is 35.0 Å². The molecule has 0 bridgehead atoms. The summed E-state index contributed by atoms with van der Waals surface area (Å²) in [4.78, 5) is 18.7. The number of hydrogen-bond donors (Lipinski definition) is 1. The highest BCUT2D eigenvalue weighted by atomic mass is 35.5. The fraction of sp³-hybridized carbons (Fsp3) is 0.0714. The standard InChI is InChI=1S/C14H9ClN2O3/c1-7-2-9-10(15)3-8(4-13(9)20-7)11-5-12(14(18)19)17-6-16-11/h2-6H,1H3,(H,18,19). The lowest BCUT2D eigenvalue weighted by Crippen LogP contribution is -2.01. The molecule has 0 fully saturated rings. The van der Waals surface area contributed by atoms with Crippen LogP contribution < -0.4 is 0 Å². The van der Waals surface area contributed by atoms with Gasteiger partial charge in [-0.05, 0) is 31.2 Å². The summed E-state index contributed by atoms with van der Waals surface area (Å²) in [5.74, 6) is -0.345. The van der Waals surface area contributed by atoms with E-state index in [2.05, 4.69) is 9.97 Å². The predicted molar refractivity (Wildman–Crippen MR) is 73.9 cm³/mol. The van der Waals surface area contributed by atoms with Crippen LogP contribution in [0.25, 0.3) is 22.2 Å². The fourth-order valence-corrected chi connectivity index (χ4v) is 2.27. The Hall–Kier alpha value is -2.40. The third-order valence-corrected chi connectivity index (χ3v) is 3.20. The molecule has 0 aliphatic rings. The number of carbonyl (C=O) groups is 1. The number of carboxylic acid groups (broad SMARTS) is 1. The molecule has 0 amide bonds. The molecule has 1 N–H and O–H groups in total. The lowest BCUT2D eigenvalue weighted by atomic mass is 10.1. The van der Waals surface area contributed by atoms with Gasteiger partial charge in [0.25, 0.3) is 0 Å². The molecule has 0 unspecified atom stereocenters. The Morgan fingerprint density at radius 3 is 2.80 bits per heavy atom. The minimum atomic E-state index is -1.10. The van der Waals surface area contributed by atoms with Crippen molar-refractivity contribution < 1.29 is 14.3 Å². The number of benzene rings is 1. The Morgan fingerprint density at radius 2 is 2.05 bits per heavy atom. The van der Waals surface area contributed by atoms with Gasteiger partial charge in [-0.15, -0.1) is 0 Å². The Balaban J connectivity index is 2.19. The summed E-state index contributed by atoms with van der Waals surface area (Å²) in [5.41, 5.74) is 1.74. The Labute approximate surface area is 118 Å². The van der Waals surface area contributed by atoms with E-state index in [1.807, 2.05) is 13.0 Å². The number of aromatic nitrogens is 2. The monoisotopic (exact) mass is 288 g/mol. The molecule has 6 heteroatoms. The zero-order valence-electron chi connectivity index (χ0n) is 10.4. The number of rotatable bonds is 2. The van der Waals surface area contributed by atoms with Crippen LogP contribution in [-0.2, 0) is 0 Å². The molecule has 100 valence electrons. The summed E-state index contributed by atoms with van der Waals surface area (Å²) in [7, 11) is 0. The summed E-state index contributed by atoms with van der Waals surface area (Å²) in [6.45, 7) is 1.84. The van der Waals surface area contributed by atoms with E-state index in [1.165, 1.54) is 12.4 Å². The van der Waals surface area contributed by atoms with Gasteiger partial charge in [0, 0.05) is 10.9 Å². The molecule has 5 nitrogen and oxygen atoms in total. The van der Waals surface area contributed by atoms with Crippen molar-refractivity contribution in [3.63, 3.8) is 0 Å². The van der Waals surface area contributed by atoms with Crippen molar-refractivity contribution in [2.45, 2.75) is 6.92 Å².